The van der Waals surface area contributed by atoms with Gasteiger partial charge in [0.1, 0.15) is 11.1 Å². The number of nitrogens with zero attached hydrogens (tertiary/aromatic N) is 3. The van der Waals surface area contributed by atoms with Crippen molar-refractivity contribution in [3.05, 3.63) is 94.2 Å². The van der Waals surface area contributed by atoms with E-state index in [0.717, 1.165) is 27.9 Å². The topological polar surface area (TPSA) is 57.0 Å². The molecule has 0 aliphatic rings. The van der Waals surface area contributed by atoms with E-state index in [0.29, 0.717) is 23.7 Å². The number of pyridine rings is 1. The van der Waals surface area contributed by atoms with Gasteiger partial charge < -0.3 is 4.90 Å². The van der Waals surface area contributed by atoms with Crippen LogP contribution in [0, 0.1) is 32.1 Å². The molecule has 1 heterocycles. The first-order valence-corrected chi connectivity index (χ1v) is 10.8. The highest BCUT2D eigenvalue weighted by Crippen LogP contribution is 2.27. The van der Waals surface area contributed by atoms with Crippen LogP contribution < -0.4 is 0 Å². The maximum Gasteiger partial charge on any atom is 0.233 e. The van der Waals surface area contributed by atoms with E-state index in [9.17, 15) is 10.1 Å². The van der Waals surface area contributed by atoms with Crippen LogP contribution in [0.1, 0.15) is 33.5 Å². The van der Waals surface area contributed by atoms with Gasteiger partial charge in [0.2, 0.25) is 5.91 Å². The summed E-state index contributed by atoms with van der Waals surface area (Å²) >= 11 is 1.34. The predicted molar refractivity (Wildman–Crippen MR) is 121 cm³/mol. The van der Waals surface area contributed by atoms with Crippen molar-refractivity contribution < 1.29 is 4.79 Å². The van der Waals surface area contributed by atoms with Crippen molar-refractivity contribution in [1.82, 2.24) is 9.88 Å². The first kappa shape index (κ1) is 21.6. The summed E-state index contributed by atoms with van der Waals surface area (Å²) in [6.07, 6.45) is 0. The summed E-state index contributed by atoms with van der Waals surface area (Å²) in [6.45, 7) is 6.93. The van der Waals surface area contributed by atoms with Gasteiger partial charge in [-0.3, -0.25) is 4.79 Å². The normalized spacial score (nSPS) is 10.5. The van der Waals surface area contributed by atoms with E-state index in [1.807, 2.05) is 86.3 Å². The molecule has 0 unspecified atom stereocenters. The Bertz CT molecular complexity index is 1020. The van der Waals surface area contributed by atoms with Crippen LogP contribution in [0.4, 0.5) is 0 Å². The first-order chi connectivity index (χ1) is 14.5. The molecule has 2 aromatic carbocycles. The number of hydrogen-bond donors (Lipinski definition) is 0. The number of benzene rings is 2. The lowest BCUT2D eigenvalue weighted by Crippen LogP contribution is -2.31. The van der Waals surface area contributed by atoms with Crippen LogP contribution in [0.15, 0.2) is 65.7 Å². The third-order valence-corrected chi connectivity index (χ3v) is 6.15. The zero-order chi connectivity index (χ0) is 21.5. The SMILES string of the molecule is Cc1nc(SCC(=O)N(Cc2ccccc2)Cc2ccccc2)c(C#N)c(C)c1C. The molecule has 0 bridgehead atoms. The van der Waals surface area contributed by atoms with Gasteiger partial charge in [-0.25, -0.2) is 4.98 Å². The molecule has 0 aliphatic heterocycles. The number of aromatic nitrogens is 1. The van der Waals surface area contributed by atoms with Gasteiger partial charge in [-0.2, -0.15) is 5.26 Å². The lowest BCUT2D eigenvalue weighted by molar-refractivity contribution is -0.129. The van der Waals surface area contributed by atoms with Crippen LogP contribution in [-0.2, 0) is 17.9 Å². The van der Waals surface area contributed by atoms with Gasteiger partial charge in [0.15, 0.2) is 0 Å². The minimum Gasteiger partial charge on any atom is -0.333 e. The van der Waals surface area contributed by atoms with Gasteiger partial charge in [0.05, 0.1) is 11.3 Å². The highest BCUT2D eigenvalue weighted by molar-refractivity contribution is 8.00. The molecule has 4 nitrogen and oxygen atoms in total. The lowest BCUT2D eigenvalue weighted by Gasteiger charge is -2.23. The van der Waals surface area contributed by atoms with Gasteiger partial charge in [-0.15, -0.1) is 0 Å². The second-order valence-corrected chi connectivity index (χ2v) is 8.21. The number of carbonyl (C=O) groups excluding carboxylic acids is 1. The summed E-state index contributed by atoms with van der Waals surface area (Å²) in [7, 11) is 0. The Kier molecular flexibility index (Phi) is 7.26. The van der Waals surface area contributed by atoms with Gasteiger partial charge in [0.25, 0.3) is 0 Å². The fraction of sp³-hybridized carbons (Fsp3) is 0.240. The van der Waals surface area contributed by atoms with Crippen molar-refractivity contribution in [2.75, 3.05) is 5.75 Å². The number of nitriles is 1. The third-order valence-electron chi connectivity index (χ3n) is 5.19. The molecule has 0 N–H and O–H groups in total. The quantitative estimate of drug-likeness (QED) is 0.498. The number of hydrogen-bond acceptors (Lipinski definition) is 4. The molecule has 0 radical (unpaired) electrons. The Morgan fingerprint density at radius 3 is 1.97 bits per heavy atom. The molecule has 3 rings (SSSR count). The molecule has 0 saturated carbocycles. The number of carbonyl (C=O) groups is 1. The zero-order valence-electron chi connectivity index (χ0n) is 17.6. The molecular weight excluding hydrogens is 390 g/mol. The maximum atomic E-state index is 13.2. The van der Waals surface area contributed by atoms with Crippen LogP contribution in [0.5, 0.6) is 0 Å². The van der Waals surface area contributed by atoms with E-state index in [2.05, 4.69) is 11.1 Å². The van der Waals surface area contributed by atoms with Crippen molar-refractivity contribution in [1.29, 1.82) is 5.26 Å². The summed E-state index contributed by atoms with van der Waals surface area (Å²) in [5.74, 6) is 0.262. The van der Waals surface area contributed by atoms with E-state index in [1.165, 1.54) is 11.8 Å². The van der Waals surface area contributed by atoms with E-state index in [1.54, 1.807) is 0 Å². The van der Waals surface area contributed by atoms with Crippen molar-refractivity contribution in [2.24, 2.45) is 0 Å². The van der Waals surface area contributed by atoms with Crippen LogP contribution in [0.3, 0.4) is 0 Å². The van der Waals surface area contributed by atoms with Gasteiger partial charge >= 0.3 is 0 Å². The molecule has 3 aromatic rings. The molecule has 1 amide bonds. The van der Waals surface area contributed by atoms with E-state index < -0.39 is 0 Å². The van der Waals surface area contributed by atoms with E-state index >= 15 is 0 Å². The van der Waals surface area contributed by atoms with Crippen molar-refractivity contribution >= 4 is 17.7 Å². The largest absolute Gasteiger partial charge is 0.333 e. The minimum absolute atomic E-state index is 0.0225. The smallest absolute Gasteiger partial charge is 0.233 e. The highest BCUT2D eigenvalue weighted by atomic mass is 32.2. The second kappa shape index (κ2) is 10.1. The van der Waals surface area contributed by atoms with Crippen LogP contribution in [-0.4, -0.2) is 21.5 Å². The monoisotopic (exact) mass is 415 g/mol. The van der Waals surface area contributed by atoms with Crippen LogP contribution >= 0.6 is 11.8 Å². The average Bonchev–Trinajstić information content (AvgIpc) is 2.77. The minimum atomic E-state index is 0.0225. The Morgan fingerprint density at radius 2 is 1.47 bits per heavy atom. The third kappa shape index (κ3) is 5.28. The molecule has 0 aliphatic carbocycles. The number of aryl methyl sites for hydroxylation is 1. The molecule has 152 valence electrons. The molecule has 30 heavy (non-hydrogen) atoms. The van der Waals surface area contributed by atoms with Gasteiger partial charge in [-0.05, 0) is 43.0 Å². The fourth-order valence-electron chi connectivity index (χ4n) is 3.21. The summed E-state index contributed by atoms with van der Waals surface area (Å²) < 4.78 is 0. The predicted octanol–water partition coefficient (Wildman–Crippen LogP) is 5.20. The fourth-order valence-corrected chi connectivity index (χ4v) is 4.20. The summed E-state index contributed by atoms with van der Waals surface area (Å²) in [6, 6.07) is 22.2. The highest BCUT2D eigenvalue weighted by Gasteiger charge is 2.18. The van der Waals surface area contributed by atoms with Crippen molar-refractivity contribution in [3.8, 4) is 6.07 Å². The second-order valence-electron chi connectivity index (χ2n) is 7.25. The van der Waals surface area contributed by atoms with Gasteiger partial charge in [-0.1, -0.05) is 72.4 Å². The standard InChI is InChI=1S/C25H25N3OS/c1-18-19(2)23(14-26)25(27-20(18)3)30-17-24(29)28(15-21-10-6-4-7-11-21)16-22-12-8-5-9-13-22/h4-13H,15-17H2,1-3H3. The number of amides is 1. The Labute approximate surface area is 182 Å². The first-order valence-electron chi connectivity index (χ1n) is 9.86. The number of rotatable bonds is 7. The summed E-state index contributed by atoms with van der Waals surface area (Å²) in [5, 5.41) is 10.2. The van der Waals surface area contributed by atoms with Gasteiger partial charge in [0, 0.05) is 18.8 Å². The molecule has 0 atom stereocenters. The van der Waals surface area contributed by atoms with E-state index in [-0.39, 0.29) is 11.7 Å². The lowest BCUT2D eigenvalue weighted by atomic mass is 10.1. The Balaban J connectivity index is 1.79. The Morgan fingerprint density at radius 1 is 0.933 bits per heavy atom. The molecule has 0 spiro atoms. The van der Waals surface area contributed by atoms with Crippen LogP contribution in [0.2, 0.25) is 0 Å². The summed E-state index contributed by atoms with van der Waals surface area (Å²) in [5.41, 5.74) is 5.59. The molecule has 5 heteroatoms. The molecular formula is C25H25N3OS. The molecule has 0 saturated heterocycles. The summed E-state index contributed by atoms with van der Waals surface area (Å²) in [4.78, 5) is 19.6. The maximum absolute atomic E-state index is 13.2. The Hall–Kier alpha value is -3.10. The van der Waals surface area contributed by atoms with E-state index in [4.69, 9.17) is 0 Å². The average molecular weight is 416 g/mol. The molecule has 1 aromatic heterocycles. The van der Waals surface area contributed by atoms with Crippen molar-refractivity contribution in [3.63, 3.8) is 0 Å². The van der Waals surface area contributed by atoms with Crippen molar-refractivity contribution in [2.45, 2.75) is 38.9 Å². The van der Waals surface area contributed by atoms with Crippen LogP contribution in [0.25, 0.3) is 0 Å². The molecule has 0 fully saturated rings. The zero-order valence-corrected chi connectivity index (χ0v) is 18.4. The number of thioether (sulfide) groups is 1.